The van der Waals surface area contributed by atoms with Crippen LogP contribution in [0.2, 0.25) is 0 Å². The molecule has 0 radical (unpaired) electrons. The van der Waals surface area contributed by atoms with Crippen LogP contribution in [-0.2, 0) is 10.3 Å². The Bertz CT molecular complexity index is 404. The number of halogens is 1. The van der Waals surface area contributed by atoms with E-state index in [1.165, 1.54) is 5.56 Å². The third-order valence-corrected chi connectivity index (χ3v) is 3.83. The molecule has 1 aliphatic rings. The summed E-state index contributed by atoms with van der Waals surface area (Å²) in [7, 11) is 0. The van der Waals surface area contributed by atoms with E-state index in [0.717, 1.165) is 32.1 Å². The molecule has 0 saturated heterocycles. The highest BCUT2D eigenvalue weighted by atomic mass is 35.5. The van der Waals surface area contributed by atoms with Gasteiger partial charge in [-0.05, 0) is 31.2 Å². The van der Waals surface area contributed by atoms with Crippen LogP contribution >= 0.6 is 12.4 Å². The Morgan fingerprint density at radius 1 is 1.37 bits per heavy atom. The van der Waals surface area contributed by atoms with Crippen LogP contribution in [0.4, 0.5) is 0 Å². The summed E-state index contributed by atoms with van der Waals surface area (Å²) in [5.41, 5.74) is 6.92. The number of nitrogens with one attached hydrogen (secondary N) is 1. The van der Waals surface area contributed by atoms with Gasteiger partial charge in [0.1, 0.15) is 0 Å². The van der Waals surface area contributed by atoms with E-state index in [4.69, 9.17) is 5.73 Å². The first kappa shape index (κ1) is 16.0. The monoisotopic (exact) mass is 282 g/mol. The van der Waals surface area contributed by atoms with Crippen LogP contribution in [0.3, 0.4) is 0 Å². The molecule has 4 heteroatoms. The summed E-state index contributed by atoms with van der Waals surface area (Å²) >= 11 is 0. The van der Waals surface area contributed by atoms with Crippen LogP contribution < -0.4 is 11.1 Å². The van der Waals surface area contributed by atoms with Gasteiger partial charge in [-0.2, -0.15) is 0 Å². The summed E-state index contributed by atoms with van der Waals surface area (Å²) in [6.45, 7) is 2.05. The molecule has 1 atom stereocenters. The molecular weight excluding hydrogens is 260 g/mol. The van der Waals surface area contributed by atoms with E-state index in [1.54, 1.807) is 0 Å². The molecule has 0 heterocycles. The lowest BCUT2D eigenvalue weighted by atomic mass is 9.71. The Balaban J connectivity index is 0.00000180. The molecule has 19 heavy (non-hydrogen) atoms. The van der Waals surface area contributed by atoms with Gasteiger partial charge in [-0.25, -0.2) is 0 Å². The average Bonchev–Trinajstić information content (AvgIpc) is 2.35. The minimum absolute atomic E-state index is 0. The zero-order valence-electron chi connectivity index (χ0n) is 11.4. The van der Waals surface area contributed by atoms with Gasteiger partial charge in [0.15, 0.2) is 0 Å². The fourth-order valence-corrected chi connectivity index (χ4v) is 2.54. The maximum absolute atomic E-state index is 12.1. The molecule has 2 rings (SSSR count). The Morgan fingerprint density at radius 3 is 2.47 bits per heavy atom. The Morgan fingerprint density at radius 2 is 2.00 bits per heavy atom. The molecule has 1 aromatic rings. The highest BCUT2D eigenvalue weighted by molar-refractivity contribution is 5.85. The predicted molar refractivity (Wildman–Crippen MR) is 80.2 cm³/mol. The maximum atomic E-state index is 12.1. The maximum Gasteiger partial charge on any atom is 0.237 e. The molecule has 1 saturated carbocycles. The van der Waals surface area contributed by atoms with E-state index in [0.29, 0.717) is 0 Å². The van der Waals surface area contributed by atoms with Crippen molar-refractivity contribution in [2.75, 3.05) is 0 Å². The van der Waals surface area contributed by atoms with Gasteiger partial charge < -0.3 is 11.1 Å². The number of hydrogen-bond donors (Lipinski definition) is 2. The van der Waals surface area contributed by atoms with Gasteiger partial charge in [0.2, 0.25) is 5.91 Å². The average molecular weight is 283 g/mol. The quantitative estimate of drug-likeness (QED) is 0.872. The Hall–Kier alpha value is -1.06. The van der Waals surface area contributed by atoms with Crippen molar-refractivity contribution < 1.29 is 4.79 Å². The zero-order chi connectivity index (χ0) is 13.0. The highest BCUT2D eigenvalue weighted by Crippen LogP contribution is 2.41. The van der Waals surface area contributed by atoms with Gasteiger partial charge in [-0.1, -0.05) is 43.7 Å². The third kappa shape index (κ3) is 3.48. The van der Waals surface area contributed by atoms with Crippen molar-refractivity contribution in [2.24, 2.45) is 5.73 Å². The van der Waals surface area contributed by atoms with Crippen molar-refractivity contribution >= 4 is 18.3 Å². The molecule has 0 bridgehead atoms. The van der Waals surface area contributed by atoms with Crippen LogP contribution in [0, 0.1) is 0 Å². The molecule has 3 N–H and O–H groups in total. The van der Waals surface area contributed by atoms with Gasteiger partial charge >= 0.3 is 0 Å². The van der Waals surface area contributed by atoms with Crippen LogP contribution in [0.15, 0.2) is 30.3 Å². The second kappa shape index (κ2) is 6.92. The van der Waals surface area contributed by atoms with Crippen molar-refractivity contribution in [1.82, 2.24) is 5.32 Å². The summed E-state index contributed by atoms with van der Waals surface area (Å²) in [4.78, 5) is 12.1. The first-order valence-electron chi connectivity index (χ1n) is 6.81. The summed E-state index contributed by atoms with van der Waals surface area (Å²) in [6.07, 6.45) is 4.88. The third-order valence-electron chi connectivity index (χ3n) is 3.83. The molecule has 1 aromatic carbocycles. The number of nitrogens with two attached hydrogens (primary N) is 1. The van der Waals surface area contributed by atoms with Crippen LogP contribution in [0.25, 0.3) is 0 Å². The van der Waals surface area contributed by atoms with E-state index in [-0.39, 0.29) is 29.9 Å². The normalized spacial score (nSPS) is 17.8. The summed E-state index contributed by atoms with van der Waals surface area (Å²) in [5, 5.41) is 3.17. The van der Waals surface area contributed by atoms with Crippen LogP contribution in [0.1, 0.15) is 44.6 Å². The number of rotatable bonds is 5. The summed E-state index contributed by atoms with van der Waals surface area (Å²) in [6, 6.07) is 9.84. The molecule has 0 spiro atoms. The van der Waals surface area contributed by atoms with Crippen molar-refractivity contribution in [1.29, 1.82) is 0 Å². The number of amides is 1. The second-order valence-corrected chi connectivity index (χ2v) is 5.19. The molecule has 1 fully saturated rings. The van der Waals surface area contributed by atoms with E-state index < -0.39 is 0 Å². The smallest absolute Gasteiger partial charge is 0.237 e. The standard InChI is InChI=1S/C15H22N2O.ClH/c1-2-7-13(16)14(18)17-15(10-6-11-15)12-8-4-3-5-9-12;/h3-5,8-9,13H,2,6-7,10-11,16H2,1H3,(H,17,18);1H. The summed E-state index contributed by atoms with van der Waals surface area (Å²) < 4.78 is 0. The lowest BCUT2D eigenvalue weighted by molar-refractivity contribution is -0.125. The van der Waals surface area contributed by atoms with E-state index >= 15 is 0 Å². The largest absolute Gasteiger partial charge is 0.345 e. The van der Waals surface area contributed by atoms with E-state index in [1.807, 2.05) is 25.1 Å². The van der Waals surface area contributed by atoms with Gasteiger partial charge in [-0.15, -0.1) is 12.4 Å². The minimum Gasteiger partial charge on any atom is -0.345 e. The molecule has 1 aliphatic carbocycles. The molecule has 1 unspecified atom stereocenters. The Labute approximate surface area is 121 Å². The van der Waals surface area contributed by atoms with Gasteiger partial charge in [0, 0.05) is 0 Å². The van der Waals surface area contributed by atoms with Gasteiger partial charge in [0.25, 0.3) is 0 Å². The van der Waals surface area contributed by atoms with Crippen molar-refractivity contribution in [3.05, 3.63) is 35.9 Å². The molecule has 1 amide bonds. The first-order valence-corrected chi connectivity index (χ1v) is 6.81. The van der Waals surface area contributed by atoms with Gasteiger partial charge in [-0.3, -0.25) is 4.79 Å². The highest BCUT2D eigenvalue weighted by Gasteiger charge is 2.40. The fourth-order valence-electron chi connectivity index (χ4n) is 2.54. The summed E-state index contributed by atoms with van der Waals surface area (Å²) in [5.74, 6) is -0.0135. The minimum atomic E-state index is -0.379. The topological polar surface area (TPSA) is 55.1 Å². The van der Waals surface area contributed by atoms with E-state index in [9.17, 15) is 4.79 Å². The lowest BCUT2D eigenvalue weighted by Gasteiger charge is -2.43. The number of hydrogen-bond acceptors (Lipinski definition) is 2. The molecule has 0 aliphatic heterocycles. The van der Waals surface area contributed by atoms with Gasteiger partial charge in [0.05, 0.1) is 11.6 Å². The lowest BCUT2D eigenvalue weighted by Crippen LogP contribution is -2.55. The Kier molecular flexibility index (Phi) is 5.83. The van der Waals surface area contributed by atoms with Crippen LogP contribution in [0.5, 0.6) is 0 Å². The number of carbonyl (C=O) groups excluding carboxylic acids is 1. The number of benzene rings is 1. The van der Waals surface area contributed by atoms with Crippen molar-refractivity contribution in [3.63, 3.8) is 0 Å². The van der Waals surface area contributed by atoms with E-state index in [2.05, 4.69) is 17.4 Å². The van der Waals surface area contributed by atoms with Crippen molar-refractivity contribution in [3.8, 4) is 0 Å². The fraction of sp³-hybridized carbons (Fsp3) is 0.533. The SMILES string of the molecule is CCCC(N)C(=O)NC1(c2ccccc2)CCC1.Cl. The zero-order valence-corrected chi connectivity index (χ0v) is 12.2. The molecule has 3 nitrogen and oxygen atoms in total. The van der Waals surface area contributed by atoms with Crippen molar-refractivity contribution in [2.45, 2.75) is 50.6 Å². The molecule has 0 aromatic heterocycles. The molecular formula is C15H23ClN2O. The van der Waals surface area contributed by atoms with Crippen LogP contribution in [-0.4, -0.2) is 11.9 Å². The first-order chi connectivity index (χ1) is 8.68. The predicted octanol–water partition coefficient (Wildman–Crippen LogP) is 2.73. The molecule has 106 valence electrons. The second-order valence-electron chi connectivity index (χ2n) is 5.19. The number of carbonyl (C=O) groups is 1.